The summed E-state index contributed by atoms with van der Waals surface area (Å²) < 4.78 is 44.3. The molecule has 3 aromatic rings. The van der Waals surface area contributed by atoms with E-state index in [1.54, 1.807) is 24.3 Å². The fourth-order valence-corrected chi connectivity index (χ4v) is 4.45. The van der Waals surface area contributed by atoms with E-state index in [2.05, 4.69) is 0 Å². The Morgan fingerprint density at radius 2 is 1.41 bits per heavy atom. The highest BCUT2D eigenvalue weighted by molar-refractivity contribution is 5.91. The lowest BCUT2D eigenvalue weighted by Gasteiger charge is -2.34. The SMILES string of the molecule is COc1cc(OC)c2c(c1)O[C@H](c1cc(OC)c(O)c(OC)c1)[C@H](OC(=O)c1cc(O)c(OC)c(OC)c1)C2. The summed E-state index contributed by atoms with van der Waals surface area (Å²) in [6, 6.07) is 9.21. The lowest BCUT2D eigenvalue weighted by Crippen LogP contribution is -2.35. The highest BCUT2D eigenvalue weighted by Crippen LogP contribution is 2.47. The van der Waals surface area contributed by atoms with E-state index in [0.29, 0.717) is 28.4 Å². The van der Waals surface area contributed by atoms with Crippen LogP contribution in [0.3, 0.4) is 0 Å². The van der Waals surface area contributed by atoms with Crippen molar-refractivity contribution in [3.05, 3.63) is 53.1 Å². The van der Waals surface area contributed by atoms with Crippen molar-refractivity contribution in [2.24, 2.45) is 0 Å². The van der Waals surface area contributed by atoms with Gasteiger partial charge in [0.05, 0.1) is 48.2 Å². The van der Waals surface area contributed by atoms with Crippen molar-refractivity contribution in [2.45, 2.75) is 18.6 Å². The largest absolute Gasteiger partial charge is 0.504 e. The summed E-state index contributed by atoms with van der Waals surface area (Å²) in [4.78, 5) is 13.4. The van der Waals surface area contributed by atoms with Crippen LogP contribution in [-0.4, -0.2) is 64.9 Å². The zero-order valence-electron chi connectivity index (χ0n) is 22.4. The second-order valence-electron chi connectivity index (χ2n) is 8.50. The molecule has 0 saturated carbocycles. The number of ether oxygens (including phenoxy) is 8. The van der Waals surface area contributed by atoms with Gasteiger partial charge in [-0.25, -0.2) is 4.79 Å². The fourth-order valence-electron chi connectivity index (χ4n) is 4.45. The average Bonchev–Trinajstić information content (AvgIpc) is 2.95. The second-order valence-corrected chi connectivity index (χ2v) is 8.50. The highest BCUT2D eigenvalue weighted by Gasteiger charge is 2.38. The summed E-state index contributed by atoms with van der Waals surface area (Å²) in [5.74, 6) is 0.822. The molecule has 0 spiro atoms. The van der Waals surface area contributed by atoms with Gasteiger partial charge in [0.15, 0.2) is 29.1 Å². The van der Waals surface area contributed by atoms with Crippen LogP contribution < -0.4 is 33.2 Å². The number of hydrogen-bond donors (Lipinski definition) is 2. The van der Waals surface area contributed by atoms with E-state index in [1.807, 2.05) is 0 Å². The van der Waals surface area contributed by atoms with Gasteiger partial charge in [0, 0.05) is 29.7 Å². The normalized spacial score (nSPS) is 15.8. The van der Waals surface area contributed by atoms with Crippen molar-refractivity contribution in [1.29, 1.82) is 0 Å². The maximum absolute atomic E-state index is 13.4. The van der Waals surface area contributed by atoms with Gasteiger partial charge < -0.3 is 48.1 Å². The topological polar surface area (TPSA) is 131 Å². The van der Waals surface area contributed by atoms with Gasteiger partial charge in [-0.2, -0.15) is 0 Å². The van der Waals surface area contributed by atoms with Crippen LogP contribution in [0.1, 0.15) is 27.6 Å². The maximum Gasteiger partial charge on any atom is 0.338 e. The van der Waals surface area contributed by atoms with Gasteiger partial charge >= 0.3 is 5.97 Å². The Bertz CT molecular complexity index is 1340. The molecule has 2 N–H and O–H groups in total. The summed E-state index contributed by atoms with van der Waals surface area (Å²) in [5.41, 5.74) is 1.22. The summed E-state index contributed by atoms with van der Waals surface area (Å²) in [6.07, 6.45) is -1.51. The predicted molar refractivity (Wildman–Crippen MR) is 138 cm³/mol. The summed E-state index contributed by atoms with van der Waals surface area (Å²) in [6.45, 7) is 0. The van der Waals surface area contributed by atoms with E-state index in [1.165, 1.54) is 54.8 Å². The van der Waals surface area contributed by atoms with E-state index in [4.69, 9.17) is 37.9 Å². The minimum atomic E-state index is -0.874. The van der Waals surface area contributed by atoms with Crippen LogP contribution in [0.4, 0.5) is 0 Å². The number of hydrogen-bond acceptors (Lipinski definition) is 11. The van der Waals surface area contributed by atoms with Gasteiger partial charge in [0.25, 0.3) is 0 Å². The van der Waals surface area contributed by atoms with Crippen molar-refractivity contribution in [3.63, 3.8) is 0 Å². The van der Waals surface area contributed by atoms with E-state index in [9.17, 15) is 15.0 Å². The van der Waals surface area contributed by atoms with Crippen LogP contribution in [0.5, 0.6) is 51.7 Å². The molecule has 3 aromatic carbocycles. The van der Waals surface area contributed by atoms with E-state index >= 15 is 0 Å². The molecule has 0 aromatic heterocycles. The molecule has 2 atom stereocenters. The molecule has 1 heterocycles. The molecule has 11 nitrogen and oxygen atoms in total. The molecule has 0 radical (unpaired) electrons. The quantitative estimate of drug-likeness (QED) is 0.380. The molecule has 0 fully saturated rings. The molecule has 11 heteroatoms. The number of aromatic hydroxyl groups is 2. The van der Waals surface area contributed by atoms with Crippen molar-refractivity contribution >= 4 is 5.97 Å². The number of methoxy groups -OCH3 is 6. The zero-order valence-corrected chi connectivity index (χ0v) is 22.4. The second kappa shape index (κ2) is 11.4. The standard InChI is InChI=1S/C28H30O11/c1-32-16-11-19(33-2)17-13-24(39-28(31)15-7-18(29)27(37-6)23(10-15)36-5)26(38-20(17)12-16)14-8-21(34-3)25(30)22(9-14)35-4/h7-12,24,26,29-30H,13H2,1-6H3/t24-,26-/m1/s1. The predicted octanol–water partition coefficient (Wildman–Crippen LogP) is 4.05. The Morgan fingerprint density at radius 3 is 1.97 bits per heavy atom. The van der Waals surface area contributed by atoms with Gasteiger partial charge in [-0.3, -0.25) is 0 Å². The molecule has 0 bridgehead atoms. The van der Waals surface area contributed by atoms with Crippen molar-refractivity contribution in [1.82, 2.24) is 0 Å². The average molecular weight is 543 g/mol. The van der Waals surface area contributed by atoms with E-state index in [-0.39, 0.29) is 46.5 Å². The third-order valence-corrected chi connectivity index (χ3v) is 6.38. The number of phenolic OH excluding ortho intramolecular Hbond substituents is 2. The first-order valence-electron chi connectivity index (χ1n) is 11.8. The Balaban J connectivity index is 1.79. The summed E-state index contributed by atoms with van der Waals surface area (Å²) in [7, 11) is 8.63. The molecular formula is C28H30O11. The highest BCUT2D eigenvalue weighted by atomic mass is 16.6. The smallest absolute Gasteiger partial charge is 0.338 e. The molecule has 0 saturated heterocycles. The molecule has 208 valence electrons. The van der Waals surface area contributed by atoms with E-state index < -0.39 is 18.2 Å². The van der Waals surface area contributed by atoms with Crippen LogP contribution in [0.25, 0.3) is 0 Å². The van der Waals surface area contributed by atoms with Crippen molar-refractivity contribution in [3.8, 4) is 51.7 Å². The molecule has 1 aliphatic heterocycles. The summed E-state index contributed by atoms with van der Waals surface area (Å²) >= 11 is 0. The van der Waals surface area contributed by atoms with Crippen LogP contribution in [0.15, 0.2) is 36.4 Å². The van der Waals surface area contributed by atoms with Crippen LogP contribution in [-0.2, 0) is 11.2 Å². The Kier molecular flexibility index (Phi) is 7.99. The number of carbonyl (C=O) groups excluding carboxylic acids is 1. The lowest BCUT2D eigenvalue weighted by atomic mass is 9.93. The number of benzene rings is 3. The molecule has 1 aliphatic rings. The first-order valence-corrected chi connectivity index (χ1v) is 11.8. The van der Waals surface area contributed by atoms with Crippen LogP contribution >= 0.6 is 0 Å². The molecule has 4 rings (SSSR count). The minimum Gasteiger partial charge on any atom is -0.504 e. The number of carbonyl (C=O) groups is 1. The number of esters is 1. The Morgan fingerprint density at radius 1 is 0.769 bits per heavy atom. The summed E-state index contributed by atoms with van der Waals surface area (Å²) in [5, 5.41) is 20.8. The van der Waals surface area contributed by atoms with Gasteiger partial charge in [0.2, 0.25) is 11.5 Å². The van der Waals surface area contributed by atoms with Crippen molar-refractivity contribution < 1.29 is 52.9 Å². The first kappa shape index (κ1) is 27.4. The Labute approximate surface area is 225 Å². The molecular weight excluding hydrogens is 512 g/mol. The number of phenols is 2. The van der Waals surface area contributed by atoms with Gasteiger partial charge in [-0.15, -0.1) is 0 Å². The van der Waals surface area contributed by atoms with E-state index in [0.717, 1.165) is 0 Å². The molecule has 0 aliphatic carbocycles. The third-order valence-electron chi connectivity index (χ3n) is 6.38. The maximum atomic E-state index is 13.4. The third kappa shape index (κ3) is 5.20. The molecule has 39 heavy (non-hydrogen) atoms. The molecule has 0 unspecified atom stereocenters. The van der Waals surface area contributed by atoms with Crippen LogP contribution in [0, 0.1) is 0 Å². The lowest BCUT2D eigenvalue weighted by molar-refractivity contribution is -0.0189. The van der Waals surface area contributed by atoms with Gasteiger partial charge in [-0.1, -0.05) is 0 Å². The number of rotatable bonds is 9. The monoisotopic (exact) mass is 542 g/mol. The number of fused-ring (bicyclic) bond motifs is 1. The fraction of sp³-hybridized carbons (Fsp3) is 0.321. The van der Waals surface area contributed by atoms with Gasteiger partial charge in [0.1, 0.15) is 23.4 Å². The van der Waals surface area contributed by atoms with Crippen molar-refractivity contribution in [2.75, 3.05) is 42.7 Å². The Hall–Kier alpha value is -4.67. The first-order chi connectivity index (χ1) is 18.8. The minimum absolute atomic E-state index is 0.0391. The zero-order chi connectivity index (χ0) is 28.3. The molecule has 0 amide bonds. The van der Waals surface area contributed by atoms with Crippen LogP contribution in [0.2, 0.25) is 0 Å². The van der Waals surface area contributed by atoms with Gasteiger partial charge in [-0.05, 0) is 24.3 Å².